The summed E-state index contributed by atoms with van der Waals surface area (Å²) in [6.45, 7) is 4.55. The molecule has 6 nitrogen and oxygen atoms in total. The summed E-state index contributed by atoms with van der Waals surface area (Å²) in [4.78, 5) is 28.8. The Morgan fingerprint density at radius 3 is 2.69 bits per heavy atom. The molecule has 7 heteroatoms. The number of oxazole rings is 1. The van der Waals surface area contributed by atoms with E-state index in [-0.39, 0.29) is 5.91 Å². The molecular formula is C19H21N3O3S. The summed E-state index contributed by atoms with van der Waals surface area (Å²) in [5.41, 5.74) is 2.64. The summed E-state index contributed by atoms with van der Waals surface area (Å²) >= 11 is 1.71. The minimum absolute atomic E-state index is 0.0948. The van der Waals surface area contributed by atoms with Gasteiger partial charge < -0.3 is 9.32 Å². The van der Waals surface area contributed by atoms with Crippen LogP contribution in [0.2, 0.25) is 0 Å². The highest BCUT2D eigenvalue weighted by Crippen LogP contribution is 2.14. The standard InChI is InChI=1S/C19H21N3O3S/c23-18(5-7-22-16-3-1-2-4-17(16)25-19(22)24)21-10-8-20(9-11-21)13-15-6-12-26-14-15/h1-4,6,12,14H,5,7-11,13H2. The van der Waals surface area contributed by atoms with E-state index in [9.17, 15) is 9.59 Å². The first-order valence-electron chi connectivity index (χ1n) is 8.80. The van der Waals surface area contributed by atoms with Gasteiger partial charge in [-0.3, -0.25) is 14.3 Å². The van der Waals surface area contributed by atoms with Crippen molar-refractivity contribution in [2.75, 3.05) is 26.2 Å². The van der Waals surface area contributed by atoms with Crippen LogP contribution in [0.1, 0.15) is 12.0 Å². The third-order valence-electron chi connectivity index (χ3n) is 4.83. The van der Waals surface area contributed by atoms with Crippen molar-refractivity contribution < 1.29 is 9.21 Å². The van der Waals surface area contributed by atoms with Crippen LogP contribution in [0.15, 0.2) is 50.3 Å². The summed E-state index contributed by atoms with van der Waals surface area (Å²) in [5.74, 6) is -0.308. The van der Waals surface area contributed by atoms with Crippen molar-refractivity contribution >= 4 is 28.3 Å². The number of hydrogen-bond acceptors (Lipinski definition) is 5. The molecule has 3 heterocycles. The Kier molecular flexibility index (Phi) is 4.90. The number of piperazine rings is 1. The molecule has 3 aromatic rings. The average Bonchev–Trinajstić information content (AvgIpc) is 3.27. The maximum atomic E-state index is 12.5. The SMILES string of the molecule is O=C(CCn1c(=O)oc2ccccc21)N1CCN(Cc2ccsc2)CC1. The van der Waals surface area contributed by atoms with Crippen LogP contribution in [0, 0.1) is 0 Å². The third kappa shape index (κ3) is 3.59. The highest BCUT2D eigenvalue weighted by Gasteiger charge is 2.21. The van der Waals surface area contributed by atoms with E-state index in [4.69, 9.17) is 4.42 Å². The number of fused-ring (bicyclic) bond motifs is 1. The van der Waals surface area contributed by atoms with Crippen molar-refractivity contribution in [1.82, 2.24) is 14.4 Å². The second kappa shape index (κ2) is 7.47. The van der Waals surface area contributed by atoms with Crippen molar-refractivity contribution in [1.29, 1.82) is 0 Å². The van der Waals surface area contributed by atoms with Crippen LogP contribution in [-0.2, 0) is 17.9 Å². The van der Waals surface area contributed by atoms with Crippen LogP contribution in [-0.4, -0.2) is 46.5 Å². The normalized spacial score (nSPS) is 15.6. The van der Waals surface area contributed by atoms with Gasteiger partial charge in [0.1, 0.15) is 0 Å². The molecule has 1 aliphatic rings. The first-order valence-corrected chi connectivity index (χ1v) is 9.74. The number of amides is 1. The Labute approximate surface area is 155 Å². The zero-order chi connectivity index (χ0) is 17.9. The number of benzene rings is 1. The Balaban J connectivity index is 1.31. The minimum Gasteiger partial charge on any atom is -0.408 e. The summed E-state index contributed by atoms with van der Waals surface area (Å²) in [7, 11) is 0. The molecule has 1 amide bonds. The van der Waals surface area contributed by atoms with E-state index in [1.165, 1.54) is 5.56 Å². The second-order valence-electron chi connectivity index (χ2n) is 6.53. The van der Waals surface area contributed by atoms with E-state index in [0.29, 0.717) is 18.5 Å². The maximum absolute atomic E-state index is 12.5. The number of aryl methyl sites for hydroxylation is 1. The molecule has 0 spiro atoms. The maximum Gasteiger partial charge on any atom is 0.419 e. The molecule has 1 saturated heterocycles. The topological polar surface area (TPSA) is 58.7 Å². The molecule has 0 bridgehead atoms. The van der Waals surface area contributed by atoms with Crippen LogP contribution in [0.4, 0.5) is 0 Å². The molecule has 136 valence electrons. The minimum atomic E-state index is -0.403. The van der Waals surface area contributed by atoms with Crippen LogP contribution < -0.4 is 5.76 Å². The average molecular weight is 371 g/mol. The van der Waals surface area contributed by atoms with Crippen LogP contribution in [0.25, 0.3) is 11.1 Å². The van der Waals surface area contributed by atoms with Gasteiger partial charge in [-0.25, -0.2) is 4.79 Å². The summed E-state index contributed by atoms with van der Waals surface area (Å²) < 4.78 is 6.76. The molecule has 0 atom stereocenters. The highest BCUT2D eigenvalue weighted by atomic mass is 32.1. The van der Waals surface area contributed by atoms with Gasteiger partial charge in [0.2, 0.25) is 5.91 Å². The monoisotopic (exact) mass is 371 g/mol. The van der Waals surface area contributed by atoms with Gasteiger partial charge in [0.25, 0.3) is 0 Å². The largest absolute Gasteiger partial charge is 0.419 e. The Morgan fingerprint density at radius 2 is 1.92 bits per heavy atom. The zero-order valence-corrected chi connectivity index (χ0v) is 15.3. The fraction of sp³-hybridized carbons (Fsp3) is 0.368. The molecule has 0 radical (unpaired) electrons. The lowest BCUT2D eigenvalue weighted by atomic mass is 10.2. The van der Waals surface area contributed by atoms with Crippen LogP contribution in [0.5, 0.6) is 0 Å². The molecule has 1 aliphatic heterocycles. The first-order chi connectivity index (χ1) is 12.7. The van der Waals surface area contributed by atoms with Gasteiger partial charge in [-0.15, -0.1) is 0 Å². The molecule has 0 unspecified atom stereocenters. The van der Waals surface area contributed by atoms with E-state index in [0.717, 1.165) is 38.2 Å². The number of carbonyl (C=O) groups is 1. The number of carbonyl (C=O) groups excluding carboxylic acids is 1. The molecule has 0 N–H and O–H groups in total. The van der Waals surface area contributed by atoms with Gasteiger partial charge in [-0.05, 0) is 34.5 Å². The summed E-state index contributed by atoms with van der Waals surface area (Å²) in [6.07, 6.45) is 0.313. The van der Waals surface area contributed by atoms with Gasteiger partial charge >= 0.3 is 5.76 Å². The predicted octanol–water partition coefficient (Wildman–Crippen LogP) is 2.39. The Morgan fingerprint density at radius 1 is 1.12 bits per heavy atom. The third-order valence-corrected chi connectivity index (χ3v) is 5.57. The van der Waals surface area contributed by atoms with Crippen molar-refractivity contribution in [3.05, 3.63) is 57.2 Å². The Bertz CT molecular complexity index is 937. The van der Waals surface area contributed by atoms with E-state index < -0.39 is 5.76 Å². The number of rotatable bonds is 5. The number of aromatic nitrogens is 1. The summed E-state index contributed by atoms with van der Waals surface area (Å²) in [6, 6.07) is 9.45. The lowest BCUT2D eigenvalue weighted by Gasteiger charge is -2.34. The number of thiophene rings is 1. The highest BCUT2D eigenvalue weighted by molar-refractivity contribution is 7.07. The predicted molar refractivity (Wildman–Crippen MR) is 101 cm³/mol. The second-order valence-corrected chi connectivity index (χ2v) is 7.31. The molecule has 2 aromatic heterocycles. The van der Waals surface area contributed by atoms with E-state index >= 15 is 0 Å². The molecule has 0 saturated carbocycles. The Hall–Kier alpha value is -2.38. The molecule has 4 rings (SSSR count). The number of para-hydroxylation sites is 2. The van der Waals surface area contributed by atoms with Gasteiger partial charge in [-0.1, -0.05) is 12.1 Å². The molecule has 1 aromatic carbocycles. The first kappa shape index (κ1) is 17.1. The van der Waals surface area contributed by atoms with Gasteiger partial charge in [0, 0.05) is 45.7 Å². The van der Waals surface area contributed by atoms with Gasteiger partial charge in [0.15, 0.2) is 5.58 Å². The van der Waals surface area contributed by atoms with Crippen LogP contribution in [0.3, 0.4) is 0 Å². The smallest absolute Gasteiger partial charge is 0.408 e. The van der Waals surface area contributed by atoms with E-state index in [2.05, 4.69) is 21.7 Å². The van der Waals surface area contributed by atoms with Gasteiger partial charge in [0.05, 0.1) is 5.52 Å². The van der Waals surface area contributed by atoms with Crippen molar-refractivity contribution in [2.24, 2.45) is 0 Å². The van der Waals surface area contributed by atoms with Gasteiger partial charge in [-0.2, -0.15) is 11.3 Å². The molecule has 0 aliphatic carbocycles. The fourth-order valence-corrected chi connectivity index (χ4v) is 4.05. The van der Waals surface area contributed by atoms with Crippen LogP contribution >= 0.6 is 11.3 Å². The quantitative estimate of drug-likeness (QED) is 0.691. The van der Waals surface area contributed by atoms with E-state index in [1.807, 2.05) is 23.1 Å². The van der Waals surface area contributed by atoms with E-state index in [1.54, 1.807) is 22.0 Å². The summed E-state index contributed by atoms with van der Waals surface area (Å²) in [5, 5.41) is 4.26. The lowest BCUT2D eigenvalue weighted by Crippen LogP contribution is -2.48. The molecular weight excluding hydrogens is 350 g/mol. The lowest BCUT2D eigenvalue weighted by molar-refractivity contribution is -0.133. The number of hydrogen-bond donors (Lipinski definition) is 0. The van der Waals surface area contributed by atoms with Crippen molar-refractivity contribution in [3.63, 3.8) is 0 Å². The zero-order valence-electron chi connectivity index (χ0n) is 14.5. The number of nitrogens with zero attached hydrogens (tertiary/aromatic N) is 3. The fourth-order valence-electron chi connectivity index (χ4n) is 3.39. The molecule has 1 fully saturated rings. The van der Waals surface area contributed by atoms with Crippen molar-refractivity contribution in [3.8, 4) is 0 Å². The molecule has 26 heavy (non-hydrogen) atoms. The van der Waals surface area contributed by atoms with Crippen molar-refractivity contribution in [2.45, 2.75) is 19.5 Å².